The fourth-order valence-corrected chi connectivity index (χ4v) is 6.27. The quantitative estimate of drug-likeness (QED) is 0.708. The number of amides is 1. The zero-order valence-corrected chi connectivity index (χ0v) is 17.3. The highest BCUT2D eigenvalue weighted by Gasteiger charge is 2.40. The molecular weight excluding hydrogens is 362 g/mol. The summed E-state index contributed by atoms with van der Waals surface area (Å²) in [6.45, 7) is 4.47. The molecule has 27 heavy (non-hydrogen) atoms. The molecule has 0 radical (unpaired) electrons. The summed E-state index contributed by atoms with van der Waals surface area (Å²) in [7, 11) is -1.80. The average Bonchev–Trinajstić information content (AvgIpc) is 3.25. The Morgan fingerprint density at radius 2 is 1.89 bits per heavy atom. The summed E-state index contributed by atoms with van der Waals surface area (Å²) in [4.78, 5) is 12.8. The number of anilines is 2. The second kappa shape index (κ2) is 8.19. The summed E-state index contributed by atoms with van der Waals surface area (Å²) < 4.78 is 27.0. The normalized spacial score (nSPS) is 24.4. The Balaban J connectivity index is 1.76. The number of fused-ring (bicyclic) bond motifs is 2. The van der Waals surface area contributed by atoms with Gasteiger partial charge in [0.2, 0.25) is 15.9 Å². The second-order valence-electron chi connectivity index (χ2n) is 7.73. The van der Waals surface area contributed by atoms with Crippen molar-refractivity contribution in [2.75, 3.05) is 30.8 Å². The van der Waals surface area contributed by atoms with Crippen molar-refractivity contribution in [1.82, 2.24) is 4.31 Å². The van der Waals surface area contributed by atoms with E-state index in [1.165, 1.54) is 23.6 Å². The van der Waals surface area contributed by atoms with Crippen LogP contribution in [0, 0.1) is 17.8 Å². The van der Waals surface area contributed by atoms with Crippen molar-refractivity contribution < 1.29 is 13.2 Å². The molecule has 2 aliphatic carbocycles. The third kappa shape index (κ3) is 4.14. The molecule has 2 N–H and O–H groups in total. The van der Waals surface area contributed by atoms with Crippen LogP contribution in [0.5, 0.6) is 0 Å². The van der Waals surface area contributed by atoms with Crippen LogP contribution in [-0.4, -0.2) is 38.8 Å². The Morgan fingerprint density at radius 1 is 1.15 bits per heavy atom. The van der Waals surface area contributed by atoms with Gasteiger partial charge in [0.15, 0.2) is 0 Å². The molecule has 1 aromatic rings. The molecule has 2 saturated carbocycles. The monoisotopic (exact) mass is 393 g/mol. The predicted octanol–water partition coefficient (Wildman–Crippen LogP) is 3.52. The lowest BCUT2D eigenvalue weighted by Crippen LogP contribution is -2.30. The van der Waals surface area contributed by atoms with E-state index in [4.69, 9.17) is 0 Å². The number of nitrogens with one attached hydrogen (secondary N) is 2. The molecule has 150 valence electrons. The van der Waals surface area contributed by atoms with E-state index in [2.05, 4.69) is 10.6 Å². The third-order valence-corrected chi connectivity index (χ3v) is 8.26. The van der Waals surface area contributed by atoms with E-state index >= 15 is 0 Å². The number of carbonyl (C=O) groups is 1. The van der Waals surface area contributed by atoms with Crippen molar-refractivity contribution in [2.24, 2.45) is 17.8 Å². The Labute approximate surface area is 162 Å². The van der Waals surface area contributed by atoms with Gasteiger partial charge in [-0.3, -0.25) is 4.79 Å². The van der Waals surface area contributed by atoms with Gasteiger partial charge in [-0.1, -0.05) is 20.3 Å². The van der Waals surface area contributed by atoms with Gasteiger partial charge in [-0.2, -0.15) is 4.31 Å². The van der Waals surface area contributed by atoms with Crippen LogP contribution in [0.1, 0.15) is 46.0 Å². The minimum Gasteiger partial charge on any atom is -0.386 e. The third-order valence-electron chi connectivity index (χ3n) is 6.21. The van der Waals surface area contributed by atoms with E-state index in [9.17, 15) is 13.2 Å². The fraction of sp³-hybridized carbons (Fsp3) is 0.650. The lowest BCUT2D eigenvalue weighted by Gasteiger charge is -2.22. The lowest BCUT2D eigenvalue weighted by molar-refractivity contribution is -0.117. The van der Waals surface area contributed by atoms with Gasteiger partial charge in [-0.25, -0.2) is 8.42 Å². The van der Waals surface area contributed by atoms with Gasteiger partial charge >= 0.3 is 0 Å². The first-order valence-corrected chi connectivity index (χ1v) is 11.4. The van der Waals surface area contributed by atoms with Gasteiger partial charge in [-0.05, 0) is 55.2 Å². The summed E-state index contributed by atoms with van der Waals surface area (Å²) in [5, 5.41) is 5.99. The number of benzene rings is 1. The van der Waals surface area contributed by atoms with Crippen LogP contribution in [-0.2, 0) is 14.8 Å². The molecule has 6 nitrogen and oxygen atoms in total. The van der Waals surface area contributed by atoms with Crippen LogP contribution >= 0.6 is 0 Å². The molecule has 0 aliphatic heterocycles. The van der Waals surface area contributed by atoms with Crippen LogP contribution in [0.2, 0.25) is 0 Å². The summed E-state index contributed by atoms with van der Waals surface area (Å²) in [5.74, 6) is 1.95. The molecule has 1 aromatic carbocycles. The maximum Gasteiger partial charge on any atom is 0.243 e. The molecule has 1 amide bonds. The molecule has 0 heterocycles. The van der Waals surface area contributed by atoms with Crippen LogP contribution in [0.25, 0.3) is 0 Å². The maximum absolute atomic E-state index is 12.8. The van der Waals surface area contributed by atoms with Crippen molar-refractivity contribution in [3.63, 3.8) is 0 Å². The molecule has 0 aromatic heterocycles. The molecule has 2 fully saturated rings. The van der Waals surface area contributed by atoms with Gasteiger partial charge < -0.3 is 10.6 Å². The molecule has 2 aliphatic rings. The molecule has 3 atom stereocenters. The van der Waals surface area contributed by atoms with E-state index in [1.807, 2.05) is 13.8 Å². The smallest absolute Gasteiger partial charge is 0.243 e. The minimum absolute atomic E-state index is 0.0264. The summed E-state index contributed by atoms with van der Waals surface area (Å²) in [5.41, 5.74) is 1.24. The topological polar surface area (TPSA) is 78.5 Å². The number of sulfonamides is 1. The van der Waals surface area contributed by atoms with E-state index in [1.54, 1.807) is 25.2 Å². The highest BCUT2D eigenvalue weighted by molar-refractivity contribution is 7.89. The van der Waals surface area contributed by atoms with Crippen molar-refractivity contribution in [1.29, 1.82) is 0 Å². The molecule has 0 unspecified atom stereocenters. The van der Waals surface area contributed by atoms with Crippen molar-refractivity contribution in [2.45, 2.75) is 50.8 Å². The van der Waals surface area contributed by atoms with E-state index < -0.39 is 10.0 Å². The highest BCUT2D eigenvalue weighted by Crippen LogP contribution is 2.49. The molecular formula is C20H31N3O3S. The first kappa shape index (κ1) is 20.1. The zero-order chi connectivity index (χ0) is 19.6. The molecule has 7 heteroatoms. The SMILES string of the molecule is CCN(CC)S(=O)(=O)c1ccc(NC)c(NC(=O)C[C@@H]2C[C@H]3CC[C@H]2C3)c1. The van der Waals surface area contributed by atoms with E-state index in [0.29, 0.717) is 37.0 Å². The Hall–Kier alpha value is -1.60. The van der Waals surface area contributed by atoms with Crippen molar-refractivity contribution in [3.8, 4) is 0 Å². The van der Waals surface area contributed by atoms with Crippen molar-refractivity contribution in [3.05, 3.63) is 18.2 Å². The maximum atomic E-state index is 12.8. The van der Waals surface area contributed by atoms with Gasteiger partial charge in [0.1, 0.15) is 0 Å². The van der Waals surface area contributed by atoms with Crippen LogP contribution in [0.15, 0.2) is 23.1 Å². The van der Waals surface area contributed by atoms with Gasteiger partial charge in [0.25, 0.3) is 0 Å². The first-order valence-electron chi connectivity index (χ1n) is 10.0. The van der Waals surface area contributed by atoms with Crippen molar-refractivity contribution >= 4 is 27.3 Å². The number of hydrogen-bond donors (Lipinski definition) is 2. The van der Waals surface area contributed by atoms with Crippen LogP contribution in [0.4, 0.5) is 11.4 Å². The Bertz CT molecular complexity index is 790. The largest absolute Gasteiger partial charge is 0.386 e. The summed E-state index contributed by atoms with van der Waals surface area (Å²) in [6.07, 6.45) is 5.53. The number of carbonyl (C=O) groups excluding carboxylic acids is 1. The van der Waals surface area contributed by atoms with Gasteiger partial charge in [0, 0.05) is 26.6 Å². The standard InChI is InChI=1S/C20H31N3O3S/c1-4-23(5-2)27(25,26)17-8-9-18(21-3)19(13-17)22-20(24)12-16-11-14-6-7-15(16)10-14/h8-9,13-16,21H,4-7,10-12H2,1-3H3,(H,22,24)/t14-,15-,16-/m0/s1. The summed E-state index contributed by atoms with van der Waals surface area (Å²) in [6, 6.07) is 4.87. The molecule has 0 saturated heterocycles. The molecule has 2 bridgehead atoms. The average molecular weight is 394 g/mol. The van der Waals surface area contributed by atoms with Crippen LogP contribution in [0.3, 0.4) is 0 Å². The van der Waals surface area contributed by atoms with Crippen LogP contribution < -0.4 is 10.6 Å². The van der Waals surface area contributed by atoms with E-state index in [0.717, 1.165) is 18.0 Å². The lowest BCUT2D eigenvalue weighted by atomic mass is 9.86. The molecule has 3 rings (SSSR count). The van der Waals surface area contributed by atoms with Gasteiger partial charge in [-0.15, -0.1) is 0 Å². The van der Waals surface area contributed by atoms with E-state index in [-0.39, 0.29) is 10.8 Å². The second-order valence-corrected chi connectivity index (χ2v) is 9.67. The number of nitrogens with zero attached hydrogens (tertiary/aromatic N) is 1. The fourth-order valence-electron chi connectivity index (χ4n) is 4.78. The number of hydrogen-bond acceptors (Lipinski definition) is 4. The zero-order valence-electron chi connectivity index (χ0n) is 16.5. The minimum atomic E-state index is -3.56. The van der Waals surface area contributed by atoms with Gasteiger partial charge in [0.05, 0.1) is 16.3 Å². The predicted molar refractivity (Wildman–Crippen MR) is 108 cm³/mol. The highest BCUT2D eigenvalue weighted by atomic mass is 32.2. The Morgan fingerprint density at radius 3 is 2.44 bits per heavy atom. The Kier molecular flexibility index (Phi) is 6.11. The number of rotatable bonds is 8. The summed E-state index contributed by atoms with van der Waals surface area (Å²) >= 11 is 0. The first-order chi connectivity index (χ1) is 12.9. The molecule has 0 spiro atoms.